The maximum atomic E-state index is 12.8. The van der Waals surface area contributed by atoms with Gasteiger partial charge in [-0.2, -0.15) is 0 Å². The van der Waals surface area contributed by atoms with Crippen molar-refractivity contribution in [1.29, 1.82) is 0 Å². The highest BCUT2D eigenvalue weighted by atomic mass is 16.4. The van der Waals surface area contributed by atoms with Crippen molar-refractivity contribution in [3.05, 3.63) is 23.8 Å². The quantitative estimate of drug-likeness (QED) is 0.343. The molecule has 4 rings (SSSR count). The van der Waals surface area contributed by atoms with Crippen LogP contribution in [0.15, 0.2) is 23.8 Å². The van der Waals surface area contributed by atoms with E-state index in [0.717, 1.165) is 25.7 Å². The summed E-state index contributed by atoms with van der Waals surface area (Å²) in [5, 5.41) is 9.13. The zero-order valence-electron chi connectivity index (χ0n) is 21.9. The molecule has 4 fully saturated rings. The van der Waals surface area contributed by atoms with Gasteiger partial charge in [-0.15, -0.1) is 0 Å². The molecule has 0 heterocycles. The number of hydrogen-bond acceptors (Lipinski definition) is 2. The number of carbonyl (C=O) groups is 2. The first kappa shape index (κ1) is 24.7. The van der Waals surface area contributed by atoms with Gasteiger partial charge in [-0.25, -0.2) is 4.79 Å². The smallest absolute Gasteiger partial charge is 0.330 e. The molecule has 4 saturated carbocycles. The summed E-state index contributed by atoms with van der Waals surface area (Å²) in [7, 11) is 0. The molecule has 7 atom stereocenters. The summed E-state index contributed by atoms with van der Waals surface area (Å²) >= 11 is 0. The standard InChI is InChI=1S/C30H46O3/c1-19(9-8-10-20(2)26(32)33)21-13-17-29(6)22(21)11-12-24-28(5)16-15-25(31)27(3,4)23(28)14-18-30(24,29)7/h10,21-24H,1,8-9,11-18H2,2-7H3,(H,32,33)/b20-10-/t21-,22-,23+,24-,28+,29-,30-/m1/s1. The Morgan fingerprint density at radius 1 is 1.00 bits per heavy atom. The minimum absolute atomic E-state index is 0.180. The van der Waals surface area contributed by atoms with Crippen LogP contribution < -0.4 is 0 Å². The molecule has 0 amide bonds. The fourth-order valence-corrected chi connectivity index (χ4v) is 9.78. The Morgan fingerprint density at radius 2 is 1.67 bits per heavy atom. The van der Waals surface area contributed by atoms with Crippen LogP contribution >= 0.6 is 0 Å². The first-order chi connectivity index (χ1) is 15.3. The highest BCUT2D eigenvalue weighted by Crippen LogP contribution is 2.75. The molecule has 4 aliphatic carbocycles. The number of carboxylic acids is 1. The highest BCUT2D eigenvalue weighted by molar-refractivity contribution is 5.86. The Hall–Kier alpha value is -1.38. The fourth-order valence-electron chi connectivity index (χ4n) is 9.78. The van der Waals surface area contributed by atoms with Crippen LogP contribution in [0.2, 0.25) is 0 Å². The van der Waals surface area contributed by atoms with E-state index in [1.807, 2.05) is 6.08 Å². The van der Waals surface area contributed by atoms with Crippen molar-refractivity contribution < 1.29 is 14.7 Å². The predicted molar refractivity (Wildman–Crippen MR) is 134 cm³/mol. The second-order valence-electron chi connectivity index (χ2n) is 13.3. The molecule has 1 N–H and O–H groups in total. The van der Waals surface area contributed by atoms with Crippen LogP contribution in [-0.4, -0.2) is 16.9 Å². The van der Waals surface area contributed by atoms with Crippen molar-refractivity contribution in [1.82, 2.24) is 0 Å². The average molecular weight is 455 g/mol. The molecule has 4 aliphatic rings. The molecule has 0 radical (unpaired) electrons. The maximum Gasteiger partial charge on any atom is 0.330 e. The summed E-state index contributed by atoms with van der Waals surface area (Å²) in [6, 6.07) is 0. The minimum Gasteiger partial charge on any atom is -0.478 e. The zero-order valence-corrected chi connectivity index (χ0v) is 21.9. The highest BCUT2D eigenvalue weighted by Gasteiger charge is 2.68. The molecule has 0 spiro atoms. The van der Waals surface area contributed by atoms with Gasteiger partial charge in [-0.1, -0.05) is 52.8 Å². The number of rotatable bonds is 5. The van der Waals surface area contributed by atoms with Crippen LogP contribution in [-0.2, 0) is 9.59 Å². The number of carbonyl (C=O) groups excluding carboxylic acids is 1. The number of fused-ring (bicyclic) bond motifs is 5. The third-order valence-corrected chi connectivity index (χ3v) is 11.9. The number of Topliss-reactive ketones (excluding diaryl/α,β-unsaturated/α-hetero) is 1. The van der Waals surface area contributed by atoms with Gasteiger partial charge in [0.1, 0.15) is 5.78 Å². The van der Waals surface area contributed by atoms with E-state index in [4.69, 9.17) is 5.11 Å². The molecule has 0 unspecified atom stereocenters. The summed E-state index contributed by atoms with van der Waals surface area (Å²) in [5.74, 6) is 2.14. The van der Waals surface area contributed by atoms with Crippen molar-refractivity contribution in [2.45, 2.75) is 106 Å². The van der Waals surface area contributed by atoms with Gasteiger partial charge < -0.3 is 5.11 Å². The predicted octanol–water partition coefficient (Wildman–Crippen LogP) is 7.61. The third kappa shape index (κ3) is 3.50. The Labute approximate surface area is 201 Å². The molecule has 0 bridgehead atoms. The second kappa shape index (κ2) is 8.09. The monoisotopic (exact) mass is 454 g/mol. The second-order valence-corrected chi connectivity index (χ2v) is 13.3. The van der Waals surface area contributed by atoms with Crippen LogP contribution in [0.4, 0.5) is 0 Å². The van der Waals surface area contributed by atoms with E-state index in [1.165, 1.54) is 44.1 Å². The van der Waals surface area contributed by atoms with Crippen LogP contribution in [0.5, 0.6) is 0 Å². The SMILES string of the molecule is C=C(CC/C=C(/C)C(=O)O)[C@H]1CC[C@]2(C)[C@@H]1CC[C@@H]1[C@@]3(C)CCC(=O)C(C)(C)[C@@H]3CC[C@]12C. The number of ketones is 1. The lowest BCUT2D eigenvalue weighted by Gasteiger charge is -2.69. The van der Waals surface area contributed by atoms with Crippen LogP contribution in [0.25, 0.3) is 0 Å². The molecule has 0 aliphatic heterocycles. The van der Waals surface area contributed by atoms with Crippen molar-refractivity contribution in [2.24, 2.45) is 45.3 Å². The lowest BCUT2D eigenvalue weighted by Crippen LogP contribution is -2.63. The van der Waals surface area contributed by atoms with Crippen LogP contribution in [0.3, 0.4) is 0 Å². The van der Waals surface area contributed by atoms with Gasteiger partial charge in [-0.3, -0.25) is 4.79 Å². The summed E-state index contributed by atoms with van der Waals surface area (Å²) in [4.78, 5) is 23.9. The fraction of sp³-hybridized carbons (Fsp3) is 0.800. The van der Waals surface area contributed by atoms with Crippen molar-refractivity contribution in [3.8, 4) is 0 Å². The van der Waals surface area contributed by atoms with E-state index in [2.05, 4.69) is 41.2 Å². The van der Waals surface area contributed by atoms with Crippen LogP contribution in [0, 0.1) is 45.3 Å². The molecular formula is C30H46O3. The molecule has 33 heavy (non-hydrogen) atoms. The maximum absolute atomic E-state index is 12.8. The summed E-state index contributed by atoms with van der Waals surface area (Å²) in [5.41, 5.74) is 2.52. The lowest BCUT2D eigenvalue weighted by atomic mass is 9.35. The van der Waals surface area contributed by atoms with Gasteiger partial charge in [0.15, 0.2) is 0 Å². The van der Waals surface area contributed by atoms with Gasteiger partial charge in [0, 0.05) is 17.4 Å². The minimum atomic E-state index is -0.822. The molecule has 3 nitrogen and oxygen atoms in total. The Kier molecular flexibility index (Phi) is 6.07. The number of hydrogen-bond donors (Lipinski definition) is 1. The number of aliphatic carboxylic acids is 1. The van der Waals surface area contributed by atoms with Crippen LogP contribution in [0.1, 0.15) is 106 Å². The molecule has 0 aromatic rings. The summed E-state index contributed by atoms with van der Waals surface area (Å²) in [6.45, 7) is 18.4. The zero-order chi connectivity index (χ0) is 24.4. The molecule has 0 aromatic heterocycles. The summed E-state index contributed by atoms with van der Waals surface area (Å²) < 4.78 is 0. The normalized spacial score (nSPS) is 44.5. The van der Waals surface area contributed by atoms with Crippen molar-refractivity contribution >= 4 is 11.8 Å². The van der Waals surface area contributed by atoms with E-state index < -0.39 is 5.97 Å². The van der Waals surface area contributed by atoms with Gasteiger partial charge in [0.2, 0.25) is 0 Å². The number of carboxylic acid groups (broad SMARTS) is 1. The van der Waals surface area contributed by atoms with Gasteiger partial charge in [0.05, 0.1) is 0 Å². The van der Waals surface area contributed by atoms with E-state index in [0.29, 0.717) is 45.9 Å². The van der Waals surface area contributed by atoms with Gasteiger partial charge >= 0.3 is 5.97 Å². The Morgan fingerprint density at radius 3 is 2.33 bits per heavy atom. The summed E-state index contributed by atoms with van der Waals surface area (Å²) in [6.07, 6.45) is 12.9. The first-order valence-electron chi connectivity index (χ1n) is 13.4. The van der Waals surface area contributed by atoms with Gasteiger partial charge in [0.25, 0.3) is 0 Å². The Bertz CT molecular complexity index is 881. The molecular weight excluding hydrogens is 408 g/mol. The molecule has 3 heteroatoms. The van der Waals surface area contributed by atoms with E-state index >= 15 is 0 Å². The molecule has 184 valence electrons. The largest absolute Gasteiger partial charge is 0.478 e. The molecule has 0 aromatic carbocycles. The van der Waals surface area contributed by atoms with E-state index in [9.17, 15) is 9.59 Å². The van der Waals surface area contributed by atoms with E-state index in [-0.39, 0.29) is 10.8 Å². The van der Waals surface area contributed by atoms with E-state index in [1.54, 1.807) is 6.92 Å². The molecule has 0 saturated heterocycles. The Balaban J connectivity index is 1.55. The third-order valence-electron chi connectivity index (χ3n) is 11.9. The van der Waals surface area contributed by atoms with Gasteiger partial charge in [-0.05, 0) is 105 Å². The average Bonchev–Trinajstić information content (AvgIpc) is 3.09. The van der Waals surface area contributed by atoms with Crippen molar-refractivity contribution in [3.63, 3.8) is 0 Å². The van der Waals surface area contributed by atoms with Crippen molar-refractivity contribution in [2.75, 3.05) is 0 Å². The number of allylic oxidation sites excluding steroid dienone is 2. The first-order valence-corrected chi connectivity index (χ1v) is 13.4. The lowest BCUT2D eigenvalue weighted by molar-refractivity contribution is -0.201. The topological polar surface area (TPSA) is 54.4 Å².